The molecule has 1 aliphatic heterocycles. The Kier molecular flexibility index (Phi) is 4.92. The van der Waals surface area contributed by atoms with Crippen LogP contribution in [0.2, 0.25) is 0 Å². The zero-order chi connectivity index (χ0) is 17.8. The SMILES string of the molecule is COC(=O)N1CCc2ccc(F)cc2[C@H]1C(=O)NCc1cccnc1. The third-order valence-corrected chi connectivity index (χ3v) is 4.18. The van der Waals surface area contributed by atoms with Crippen LogP contribution >= 0.6 is 0 Å². The first kappa shape index (κ1) is 16.9. The van der Waals surface area contributed by atoms with Gasteiger partial charge in [-0.25, -0.2) is 9.18 Å². The van der Waals surface area contributed by atoms with Crippen LogP contribution in [0.1, 0.15) is 22.7 Å². The number of hydrogen-bond donors (Lipinski definition) is 1. The van der Waals surface area contributed by atoms with Crippen molar-refractivity contribution in [2.75, 3.05) is 13.7 Å². The van der Waals surface area contributed by atoms with E-state index in [1.807, 2.05) is 6.07 Å². The molecule has 2 heterocycles. The first-order chi connectivity index (χ1) is 12.1. The van der Waals surface area contributed by atoms with Gasteiger partial charge in [0.25, 0.3) is 0 Å². The van der Waals surface area contributed by atoms with Crippen LogP contribution in [0.25, 0.3) is 0 Å². The first-order valence-electron chi connectivity index (χ1n) is 7.89. The summed E-state index contributed by atoms with van der Waals surface area (Å²) in [6.45, 7) is 0.596. The standard InChI is InChI=1S/C18H18FN3O3/c1-25-18(24)22-8-6-13-4-5-14(19)9-15(13)16(22)17(23)21-11-12-3-2-7-20-10-12/h2-5,7,9-10,16H,6,8,11H2,1H3,(H,21,23)/t16-/m0/s1. The lowest BCUT2D eigenvalue weighted by atomic mass is 9.92. The van der Waals surface area contributed by atoms with Crippen molar-refractivity contribution < 1.29 is 18.7 Å². The van der Waals surface area contributed by atoms with Crippen LogP contribution in [0.3, 0.4) is 0 Å². The summed E-state index contributed by atoms with van der Waals surface area (Å²) < 4.78 is 18.5. The number of methoxy groups -OCH3 is 1. The highest BCUT2D eigenvalue weighted by atomic mass is 19.1. The Morgan fingerprint density at radius 3 is 2.96 bits per heavy atom. The van der Waals surface area contributed by atoms with Crippen molar-refractivity contribution in [2.45, 2.75) is 19.0 Å². The molecule has 0 aliphatic carbocycles. The summed E-state index contributed by atoms with van der Waals surface area (Å²) in [6, 6.07) is 6.99. The number of ether oxygens (including phenoxy) is 1. The van der Waals surface area contributed by atoms with Crippen molar-refractivity contribution in [3.8, 4) is 0 Å². The zero-order valence-corrected chi connectivity index (χ0v) is 13.7. The third-order valence-electron chi connectivity index (χ3n) is 4.18. The Morgan fingerprint density at radius 2 is 2.24 bits per heavy atom. The fraction of sp³-hybridized carbons (Fsp3) is 0.278. The number of aromatic nitrogens is 1. The van der Waals surface area contributed by atoms with Gasteiger partial charge in [-0.1, -0.05) is 12.1 Å². The molecule has 6 nitrogen and oxygen atoms in total. The Hall–Kier alpha value is -2.96. The fourth-order valence-corrected chi connectivity index (χ4v) is 2.97. The normalized spacial score (nSPS) is 16.1. The lowest BCUT2D eigenvalue weighted by Gasteiger charge is -2.35. The van der Waals surface area contributed by atoms with Gasteiger partial charge < -0.3 is 10.1 Å². The number of amides is 2. The molecule has 0 bridgehead atoms. The predicted octanol–water partition coefficient (Wildman–Crippen LogP) is 2.20. The molecular weight excluding hydrogens is 325 g/mol. The van der Waals surface area contributed by atoms with E-state index in [-0.39, 0.29) is 12.5 Å². The van der Waals surface area contributed by atoms with E-state index in [1.54, 1.807) is 24.5 Å². The molecule has 3 rings (SSSR count). The Bertz CT molecular complexity index is 782. The Balaban J connectivity index is 1.87. The highest BCUT2D eigenvalue weighted by Crippen LogP contribution is 2.31. The molecule has 1 N–H and O–H groups in total. The van der Waals surface area contributed by atoms with Crippen LogP contribution < -0.4 is 5.32 Å². The second-order valence-electron chi connectivity index (χ2n) is 5.74. The lowest BCUT2D eigenvalue weighted by molar-refractivity contribution is -0.126. The van der Waals surface area contributed by atoms with Gasteiger partial charge in [-0.15, -0.1) is 0 Å². The maximum atomic E-state index is 13.7. The summed E-state index contributed by atoms with van der Waals surface area (Å²) in [6.07, 6.45) is 3.21. The summed E-state index contributed by atoms with van der Waals surface area (Å²) >= 11 is 0. The van der Waals surface area contributed by atoms with Crippen LogP contribution in [0, 0.1) is 5.82 Å². The van der Waals surface area contributed by atoms with Gasteiger partial charge in [0.15, 0.2) is 0 Å². The molecule has 0 saturated carbocycles. The molecule has 1 aromatic carbocycles. The van der Waals surface area contributed by atoms with E-state index < -0.39 is 18.0 Å². The second-order valence-corrected chi connectivity index (χ2v) is 5.74. The van der Waals surface area contributed by atoms with E-state index in [1.165, 1.54) is 24.1 Å². The Labute approximate surface area is 144 Å². The van der Waals surface area contributed by atoms with Gasteiger partial charge >= 0.3 is 6.09 Å². The summed E-state index contributed by atoms with van der Waals surface area (Å²) in [7, 11) is 1.26. The van der Waals surface area contributed by atoms with Crippen LogP contribution in [0.15, 0.2) is 42.7 Å². The molecule has 25 heavy (non-hydrogen) atoms. The highest BCUT2D eigenvalue weighted by Gasteiger charge is 2.36. The molecule has 1 atom stereocenters. The monoisotopic (exact) mass is 343 g/mol. The van der Waals surface area contributed by atoms with Crippen molar-refractivity contribution in [2.24, 2.45) is 0 Å². The molecule has 130 valence electrons. The maximum Gasteiger partial charge on any atom is 0.410 e. The molecular formula is C18H18FN3O3. The molecule has 0 saturated heterocycles. The molecule has 0 radical (unpaired) electrons. The van der Waals surface area contributed by atoms with Crippen molar-refractivity contribution in [1.29, 1.82) is 0 Å². The summed E-state index contributed by atoms with van der Waals surface area (Å²) in [5, 5.41) is 2.79. The van der Waals surface area contributed by atoms with Gasteiger partial charge in [0.05, 0.1) is 7.11 Å². The van der Waals surface area contributed by atoms with E-state index in [2.05, 4.69) is 10.3 Å². The average molecular weight is 343 g/mol. The molecule has 2 aromatic rings. The van der Waals surface area contributed by atoms with Crippen molar-refractivity contribution >= 4 is 12.0 Å². The number of halogens is 1. The molecule has 0 spiro atoms. The van der Waals surface area contributed by atoms with Crippen molar-refractivity contribution in [3.63, 3.8) is 0 Å². The van der Waals surface area contributed by atoms with Crippen LogP contribution in [-0.4, -0.2) is 35.5 Å². The minimum atomic E-state index is -0.927. The number of carbonyl (C=O) groups excluding carboxylic acids is 2. The van der Waals surface area contributed by atoms with E-state index >= 15 is 0 Å². The average Bonchev–Trinajstić information content (AvgIpc) is 2.65. The van der Waals surface area contributed by atoms with Gasteiger partial charge in [-0.05, 0) is 41.3 Å². The minimum Gasteiger partial charge on any atom is -0.453 e. The maximum absolute atomic E-state index is 13.7. The number of carbonyl (C=O) groups is 2. The zero-order valence-electron chi connectivity index (χ0n) is 13.7. The third kappa shape index (κ3) is 3.60. The number of fused-ring (bicyclic) bond motifs is 1. The molecule has 0 unspecified atom stereocenters. The van der Waals surface area contributed by atoms with Gasteiger partial charge in [-0.2, -0.15) is 0 Å². The molecule has 7 heteroatoms. The highest BCUT2D eigenvalue weighted by molar-refractivity contribution is 5.87. The molecule has 2 amide bonds. The van der Waals surface area contributed by atoms with E-state index in [9.17, 15) is 14.0 Å². The number of nitrogens with one attached hydrogen (secondary N) is 1. The van der Waals surface area contributed by atoms with Crippen LogP contribution in [-0.2, 0) is 22.5 Å². The van der Waals surface area contributed by atoms with Gasteiger partial charge in [0, 0.05) is 25.5 Å². The van der Waals surface area contributed by atoms with Crippen LogP contribution in [0.5, 0.6) is 0 Å². The first-order valence-corrected chi connectivity index (χ1v) is 7.89. The Morgan fingerprint density at radius 1 is 1.40 bits per heavy atom. The summed E-state index contributed by atoms with van der Waals surface area (Å²) in [4.78, 5) is 30.2. The van der Waals surface area contributed by atoms with E-state index in [0.29, 0.717) is 18.5 Å². The lowest BCUT2D eigenvalue weighted by Crippen LogP contribution is -2.47. The number of rotatable bonds is 3. The quantitative estimate of drug-likeness (QED) is 0.927. The molecule has 1 aliphatic rings. The number of benzene rings is 1. The van der Waals surface area contributed by atoms with Gasteiger partial charge in [0.1, 0.15) is 11.9 Å². The number of nitrogens with zero attached hydrogens (tertiary/aromatic N) is 2. The van der Waals surface area contributed by atoms with Gasteiger partial charge in [-0.3, -0.25) is 14.7 Å². The topological polar surface area (TPSA) is 71.5 Å². The van der Waals surface area contributed by atoms with Crippen LogP contribution in [0.4, 0.5) is 9.18 Å². The number of pyridine rings is 1. The van der Waals surface area contributed by atoms with Crippen molar-refractivity contribution in [1.82, 2.24) is 15.2 Å². The minimum absolute atomic E-state index is 0.267. The van der Waals surface area contributed by atoms with Gasteiger partial charge in [0.2, 0.25) is 5.91 Å². The number of hydrogen-bond acceptors (Lipinski definition) is 4. The van der Waals surface area contributed by atoms with E-state index in [0.717, 1.165) is 11.1 Å². The predicted molar refractivity (Wildman–Crippen MR) is 88.0 cm³/mol. The fourth-order valence-electron chi connectivity index (χ4n) is 2.97. The summed E-state index contributed by atoms with van der Waals surface area (Å²) in [5.41, 5.74) is 2.17. The molecule has 0 fully saturated rings. The second kappa shape index (κ2) is 7.29. The smallest absolute Gasteiger partial charge is 0.410 e. The van der Waals surface area contributed by atoms with E-state index in [4.69, 9.17) is 4.74 Å². The van der Waals surface area contributed by atoms with Crippen molar-refractivity contribution in [3.05, 3.63) is 65.2 Å². The largest absolute Gasteiger partial charge is 0.453 e. The molecule has 1 aromatic heterocycles. The summed E-state index contributed by atoms with van der Waals surface area (Å²) in [5.74, 6) is -0.837.